The van der Waals surface area contributed by atoms with E-state index in [2.05, 4.69) is 15.5 Å². The maximum atomic E-state index is 12.6. The number of aryl methyl sites for hydroxylation is 1. The number of nitrogens with one attached hydrogen (secondary N) is 1. The van der Waals surface area contributed by atoms with Crippen LogP contribution in [-0.4, -0.2) is 26.6 Å². The Bertz CT molecular complexity index is 1030. The number of nitrogens with zero attached hydrogens (tertiary/aromatic N) is 4. The number of carbonyl (C=O) groups excluding carboxylic acids is 1. The fourth-order valence-electron chi connectivity index (χ4n) is 2.35. The lowest BCUT2D eigenvalue weighted by Crippen LogP contribution is -2.21. The smallest absolute Gasteiger partial charge is 0.326 e. The van der Waals surface area contributed by atoms with Crippen LogP contribution in [0.1, 0.15) is 18.3 Å². The molecule has 26 heavy (non-hydrogen) atoms. The Morgan fingerprint density at radius 1 is 1.23 bits per heavy atom. The molecule has 0 saturated heterocycles. The van der Waals surface area contributed by atoms with E-state index in [-0.39, 0.29) is 5.91 Å². The van der Waals surface area contributed by atoms with Gasteiger partial charge in [-0.25, -0.2) is 4.79 Å². The third kappa shape index (κ3) is 3.89. The van der Waals surface area contributed by atoms with Crippen molar-refractivity contribution in [3.8, 4) is 5.69 Å². The predicted octanol–water partition coefficient (Wildman–Crippen LogP) is 2.84. The molecule has 0 atom stereocenters. The highest BCUT2D eigenvalue weighted by Crippen LogP contribution is 2.13. The van der Waals surface area contributed by atoms with Gasteiger partial charge in [-0.15, -0.1) is 5.10 Å². The molecule has 3 rings (SSSR count). The second kappa shape index (κ2) is 7.37. The van der Waals surface area contributed by atoms with Crippen molar-refractivity contribution >= 4 is 29.4 Å². The quantitative estimate of drug-likeness (QED) is 0.718. The minimum Gasteiger partial charge on any atom is -0.326 e. The predicted molar refractivity (Wildman–Crippen MR) is 101 cm³/mol. The van der Waals surface area contributed by atoms with E-state index in [1.165, 1.54) is 16.3 Å². The van der Waals surface area contributed by atoms with Crippen molar-refractivity contribution in [1.82, 2.24) is 14.5 Å². The minimum absolute atomic E-state index is 0.137. The first-order valence-electron chi connectivity index (χ1n) is 7.80. The molecule has 0 aliphatic carbocycles. The van der Waals surface area contributed by atoms with Crippen LogP contribution in [0.5, 0.6) is 0 Å². The Hall–Kier alpha value is -3.19. The van der Waals surface area contributed by atoms with Crippen molar-refractivity contribution in [3.05, 3.63) is 75.4 Å². The number of amides is 1. The van der Waals surface area contributed by atoms with Crippen molar-refractivity contribution < 1.29 is 4.79 Å². The monoisotopic (exact) mass is 369 g/mol. The molecule has 0 aliphatic heterocycles. The zero-order valence-electron chi connectivity index (χ0n) is 14.2. The fourth-order valence-corrected chi connectivity index (χ4v) is 2.53. The molecule has 0 saturated carbocycles. The number of carbonyl (C=O) groups is 1. The van der Waals surface area contributed by atoms with E-state index in [0.717, 1.165) is 5.56 Å². The molecular weight excluding hydrogens is 354 g/mol. The van der Waals surface area contributed by atoms with E-state index in [0.29, 0.717) is 22.2 Å². The van der Waals surface area contributed by atoms with Crippen LogP contribution in [0.2, 0.25) is 5.02 Å². The number of hydrogen-bond donors (Lipinski definition) is 1. The summed E-state index contributed by atoms with van der Waals surface area (Å²) >= 11 is 5.97. The van der Waals surface area contributed by atoms with Crippen molar-refractivity contribution in [1.29, 1.82) is 0 Å². The molecule has 132 valence electrons. The first-order chi connectivity index (χ1) is 12.4. The van der Waals surface area contributed by atoms with Crippen LogP contribution < -0.4 is 11.0 Å². The van der Waals surface area contributed by atoms with Gasteiger partial charge in [0.05, 0.1) is 11.9 Å². The summed E-state index contributed by atoms with van der Waals surface area (Å²) in [6, 6.07) is 14.0. The maximum absolute atomic E-state index is 12.6. The molecule has 1 N–H and O–H groups in total. The van der Waals surface area contributed by atoms with Gasteiger partial charge in [0.2, 0.25) is 5.91 Å². The summed E-state index contributed by atoms with van der Waals surface area (Å²) in [5, 5.41) is 11.6. The van der Waals surface area contributed by atoms with Crippen molar-refractivity contribution in [2.75, 3.05) is 5.32 Å². The van der Waals surface area contributed by atoms with Gasteiger partial charge in [-0.3, -0.25) is 4.79 Å². The molecule has 7 nitrogen and oxygen atoms in total. The van der Waals surface area contributed by atoms with Crippen molar-refractivity contribution in [2.24, 2.45) is 5.10 Å². The van der Waals surface area contributed by atoms with Crippen LogP contribution in [0.3, 0.4) is 0 Å². The second-order valence-electron chi connectivity index (χ2n) is 5.58. The number of rotatable bonds is 4. The Morgan fingerprint density at radius 3 is 2.62 bits per heavy atom. The van der Waals surface area contributed by atoms with Crippen LogP contribution in [0.15, 0.2) is 58.4 Å². The number of hydrogen-bond acceptors (Lipinski definition) is 4. The first kappa shape index (κ1) is 17.6. The molecule has 1 heterocycles. The summed E-state index contributed by atoms with van der Waals surface area (Å²) in [4.78, 5) is 23.6. The number of aromatic nitrogens is 3. The molecule has 0 spiro atoms. The van der Waals surface area contributed by atoms with Gasteiger partial charge in [-0.1, -0.05) is 29.8 Å². The molecule has 3 aromatic rings. The summed E-state index contributed by atoms with van der Waals surface area (Å²) in [5.74, 6) is 0.308. The van der Waals surface area contributed by atoms with Crippen LogP contribution in [0, 0.1) is 6.92 Å². The Balaban J connectivity index is 1.87. The maximum Gasteiger partial charge on any atom is 0.371 e. The Morgan fingerprint density at radius 2 is 1.96 bits per heavy atom. The van der Waals surface area contributed by atoms with Crippen LogP contribution in [0.25, 0.3) is 5.69 Å². The summed E-state index contributed by atoms with van der Waals surface area (Å²) in [6.07, 6.45) is 1.55. The summed E-state index contributed by atoms with van der Waals surface area (Å²) in [6.45, 7) is 3.14. The summed E-state index contributed by atoms with van der Waals surface area (Å²) in [7, 11) is 0. The van der Waals surface area contributed by atoms with Crippen LogP contribution in [-0.2, 0) is 4.79 Å². The van der Waals surface area contributed by atoms with Gasteiger partial charge in [-0.05, 0) is 42.8 Å². The zero-order chi connectivity index (χ0) is 18.7. The topological polar surface area (TPSA) is 81.3 Å². The van der Waals surface area contributed by atoms with Crippen LogP contribution in [0.4, 0.5) is 5.69 Å². The molecule has 0 aliphatic rings. The highest BCUT2D eigenvalue weighted by Gasteiger charge is 2.11. The largest absolute Gasteiger partial charge is 0.371 e. The molecule has 0 unspecified atom stereocenters. The number of anilines is 1. The highest BCUT2D eigenvalue weighted by molar-refractivity contribution is 6.30. The average molecular weight is 370 g/mol. The summed E-state index contributed by atoms with van der Waals surface area (Å²) < 4.78 is 2.46. The minimum atomic E-state index is -0.393. The summed E-state index contributed by atoms with van der Waals surface area (Å²) in [5.41, 5.74) is 1.65. The van der Waals surface area contributed by atoms with Gasteiger partial charge in [0.15, 0.2) is 5.82 Å². The molecule has 8 heteroatoms. The third-order valence-corrected chi connectivity index (χ3v) is 3.75. The van der Waals surface area contributed by atoms with Gasteiger partial charge in [0, 0.05) is 17.6 Å². The SMILES string of the molecule is CC(=O)Nc1ccc(/C=N/n2c(C)nn(-c3cccc(Cl)c3)c2=O)cc1. The zero-order valence-corrected chi connectivity index (χ0v) is 14.9. The lowest BCUT2D eigenvalue weighted by molar-refractivity contribution is -0.114. The van der Waals surface area contributed by atoms with Crippen molar-refractivity contribution in [2.45, 2.75) is 13.8 Å². The average Bonchev–Trinajstić information content (AvgIpc) is 2.88. The highest BCUT2D eigenvalue weighted by atomic mass is 35.5. The normalized spacial score (nSPS) is 11.0. The molecular formula is C18H16ClN5O2. The lowest BCUT2D eigenvalue weighted by Gasteiger charge is -2.01. The molecule has 1 aromatic heterocycles. The van der Waals surface area contributed by atoms with Crippen LogP contribution >= 0.6 is 11.6 Å². The third-order valence-electron chi connectivity index (χ3n) is 3.52. The van der Waals surface area contributed by atoms with E-state index in [1.807, 2.05) is 0 Å². The Kier molecular flexibility index (Phi) is 4.99. The molecule has 1 amide bonds. The van der Waals surface area contributed by atoms with E-state index in [1.54, 1.807) is 61.7 Å². The Labute approximate surface area is 154 Å². The molecule has 0 bridgehead atoms. The number of benzene rings is 2. The number of halogens is 1. The lowest BCUT2D eigenvalue weighted by atomic mass is 10.2. The molecule has 2 aromatic carbocycles. The van der Waals surface area contributed by atoms with E-state index < -0.39 is 5.69 Å². The van der Waals surface area contributed by atoms with Gasteiger partial charge in [0.25, 0.3) is 0 Å². The van der Waals surface area contributed by atoms with Gasteiger partial charge in [-0.2, -0.15) is 14.5 Å². The van der Waals surface area contributed by atoms with E-state index in [9.17, 15) is 9.59 Å². The van der Waals surface area contributed by atoms with E-state index in [4.69, 9.17) is 11.6 Å². The second-order valence-corrected chi connectivity index (χ2v) is 6.02. The van der Waals surface area contributed by atoms with Gasteiger partial charge in [0.1, 0.15) is 0 Å². The molecule has 0 radical (unpaired) electrons. The standard InChI is InChI=1S/C18H16ClN5O2/c1-12-22-24(17-5-3-4-15(19)10-17)18(26)23(12)20-11-14-6-8-16(9-7-14)21-13(2)25/h3-11H,1-2H3,(H,21,25)/b20-11+. The van der Waals surface area contributed by atoms with E-state index >= 15 is 0 Å². The molecule has 0 fully saturated rings. The van der Waals surface area contributed by atoms with Gasteiger partial charge >= 0.3 is 5.69 Å². The first-order valence-corrected chi connectivity index (χ1v) is 8.18. The van der Waals surface area contributed by atoms with Gasteiger partial charge < -0.3 is 5.32 Å². The fraction of sp³-hybridized carbons (Fsp3) is 0.111. The van der Waals surface area contributed by atoms with Crippen molar-refractivity contribution in [3.63, 3.8) is 0 Å².